The van der Waals surface area contributed by atoms with Crippen molar-refractivity contribution in [1.29, 1.82) is 0 Å². The maximum atomic E-state index is 10.4. The molecule has 3 aliphatic rings. The third kappa shape index (κ3) is 4.40. The van der Waals surface area contributed by atoms with Gasteiger partial charge in [0.15, 0.2) is 23.0 Å². The summed E-state index contributed by atoms with van der Waals surface area (Å²) in [5.74, 6) is 3.79. The van der Waals surface area contributed by atoms with E-state index in [1.165, 1.54) is 10.5 Å². The summed E-state index contributed by atoms with van der Waals surface area (Å²) in [7, 11) is 0. The molecule has 0 saturated carbocycles. The molecule has 0 unspecified atom stereocenters. The fourth-order valence-electron chi connectivity index (χ4n) is 4.23. The summed E-state index contributed by atoms with van der Waals surface area (Å²) in [5, 5.41) is 10.4. The highest BCUT2D eigenvalue weighted by Crippen LogP contribution is 2.35. The topological polar surface area (TPSA) is 75.3 Å². The number of hydrogen-bond donors (Lipinski definition) is 3. The average Bonchev–Trinajstić information content (AvgIpc) is 3.42. The van der Waals surface area contributed by atoms with Gasteiger partial charge in [-0.1, -0.05) is 0 Å². The lowest BCUT2D eigenvalue weighted by molar-refractivity contribution is -1.02. The second-order valence-electron chi connectivity index (χ2n) is 8.05. The Kier molecular flexibility index (Phi) is 5.52. The number of aliphatic hydroxyl groups excluding tert-OH is 1. The first kappa shape index (κ1) is 19.3. The van der Waals surface area contributed by atoms with Gasteiger partial charge in [0, 0.05) is 11.6 Å². The van der Waals surface area contributed by atoms with Crippen LogP contribution in [0.15, 0.2) is 36.4 Å². The Balaban J connectivity index is 1.04. The van der Waals surface area contributed by atoms with Crippen molar-refractivity contribution in [3.05, 3.63) is 42.0 Å². The van der Waals surface area contributed by atoms with Gasteiger partial charge in [-0.25, -0.2) is 0 Å². The lowest BCUT2D eigenvalue weighted by Crippen LogP contribution is -3.28. The van der Waals surface area contributed by atoms with Crippen LogP contribution in [0.1, 0.15) is 5.56 Å². The van der Waals surface area contributed by atoms with Gasteiger partial charge in [-0.2, -0.15) is 0 Å². The number of rotatable bonds is 7. The summed E-state index contributed by atoms with van der Waals surface area (Å²) in [4.78, 5) is 2.98. The Hall–Kier alpha value is -2.68. The minimum Gasteiger partial charge on any atom is -0.491 e. The van der Waals surface area contributed by atoms with Crippen molar-refractivity contribution in [2.75, 3.05) is 52.9 Å². The number of aliphatic hydroxyl groups is 1. The van der Waals surface area contributed by atoms with Gasteiger partial charge in [-0.05, 0) is 30.3 Å². The number of hydrogen-bond acceptors (Lipinski definition) is 6. The van der Waals surface area contributed by atoms with Crippen molar-refractivity contribution in [1.82, 2.24) is 0 Å². The SMILES string of the molecule is O[C@H](COc1ccc2c(c1)OCO2)C[NH+]1CC[NH+](Cc2ccc3c(c2)OCO3)CC1. The first-order chi connectivity index (χ1) is 14.7. The van der Waals surface area contributed by atoms with Gasteiger partial charge < -0.3 is 38.6 Å². The molecule has 30 heavy (non-hydrogen) atoms. The highest BCUT2D eigenvalue weighted by atomic mass is 16.7. The number of benzene rings is 2. The van der Waals surface area contributed by atoms with Crippen LogP contribution in [0.5, 0.6) is 28.7 Å². The van der Waals surface area contributed by atoms with Gasteiger partial charge in [0.05, 0.1) is 0 Å². The van der Waals surface area contributed by atoms with Crippen LogP contribution in [-0.2, 0) is 6.54 Å². The second kappa shape index (κ2) is 8.59. The second-order valence-corrected chi connectivity index (χ2v) is 8.05. The number of fused-ring (bicyclic) bond motifs is 2. The van der Waals surface area contributed by atoms with E-state index in [0.29, 0.717) is 24.8 Å². The molecule has 1 fully saturated rings. The molecule has 8 nitrogen and oxygen atoms in total. The minimum atomic E-state index is -0.499. The zero-order valence-corrected chi connectivity index (χ0v) is 16.9. The average molecular weight is 416 g/mol. The zero-order chi connectivity index (χ0) is 20.3. The third-order valence-corrected chi connectivity index (χ3v) is 5.87. The van der Waals surface area contributed by atoms with Crippen LogP contribution < -0.4 is 33.5 Å². The van der Waals surface area contributed by atoms with Crippen LogP contribution in [0.25, 0.3) is 0 Å². The smallest absolute Gasteiger partial charge is 0.231 e. The van der Waals surface area contributed by atoms with E-state index in [-0.39, 0.29) is 13.4 Å². The van der Waals surface area contributed by atoms with E-state index in [0.717, 1.165) is 50.0 Å². The summed E-state index contributed by atoms with van der Waals surface area (Å²) >= 11 is 0. The molecule has 5 rings (SSSR count). The highest BCUT2D eigenvalue weighted by molar-refractivity contribution is 5.47. The van der Waals surface area contributed by atoms with E-state index in [2.05, 4.69) is 12.1 Å². The molecule has 1 saturated heterocycles. The van der Waals surface area contributed by atoms with E-state index in [4.69, 9.17) is 23.7 Å². The predicted octanol–water partition coefficient (Wildman–Crippen LogP) is -1.13. The summed E-state index contributed by atoms with van der Waals surface area (Å²) in [6.45, 7) is 6.77. The van der Waals surface area contributed by atoms with Gasteiger partial charge in [-0.3, -0.25) is 0 Å². The quantitative estimate of drug-likeness (QED) is 0.530. The Morgan fingerprint density at radius 2 is 1.43 bits per heavy atom. The van der Waals surface area contributed by atoms with E-state index >= 15 is 0 Å². The Morgan fingerprint density at radius 1 is 0.800 bits per heavy atom. The lowest BCUT2D eigenvalue weighted by Gasteiger charge is -2.30. The van der Waals surface area contributed by atoms with Gasteiger partial charge >= 0.3 is 0 Å². The molecule has 0 amide bonds. The minimum absolute atomic E-state index is 0.243. The van der Waals surface area contributed by atoms with Crippen molar-refractivity contribution in [2.24, 2.45) is 0 Å². The zero-order valence-electron chi connectivity index (χ0n) is 16.9. The van der Waals surface area contributed by atoms with Gasteiger partial charge in [0.25, 0.3) is 0 Å². The molecule has 0 spiro atoms. The summed E-state index contributed by atoms with van der Waals surface area (Å²) in [5.41, 5.74) is 1.27. The van der Waals surface area contributed by atoms with E-state index in [1.807, 2.05) is 18.2 Å². The van der Waals surface area contributed by atoms with Crippen LogP contribution >= 0.6 is 0 Å². The van der Waals surface area contributed by atoms with Crippen molar-refractivity contribution in [2.45, 2.75) is 12.6 Å². The van der Waals surface area contributed by atoms with Gasteiger partial charge in [-0.15, -0.1) is 0 Å². The molecule has 0 aliphatic carbocycles. The fourth-order valence-corrected chi connectivity index (χ4v) is 4.23. The monoisotopic (exact) mass is 416 g/mol. The Morgan fingerprint density at radius 3 is 2.20 bits per heavy atom. The number of piperazine rings is 1. The van der Waals surface area contributed by atoms with E-state index in [9.17, 15) is 5.11 Å². The molecule has 2 aromatic rings. The predicted molar refractivity (Wildman–Crippen MR) is 107 cm³/mol. The number of ether oxygens (including phenoxy) is 5. The molecular weight excluding hydrogens is 388 g/mol. The summed E-state index contributed by atoms with van der Waals surface area (Å²) in [6.07, 6.45) is -0.499. The Bertz CT molecular complexity index is 884. The van der Waals surface area contributed by atoms with Crippen LogP contribution in [0.2, 0.25) is 0 Å². The molecule has 3 aliphatic heterocycles. The van der Waals surface area contributed by atoms with Crippen molar-refractivity contribution in [3.8, 4) is 28.7 Å². The molecule has 3 heterocycles. The highest BCUT2D eigenvalue weighted by Gasteiger charge is 2.26. The van der Waals surface area contributed by atoms with Crippen LogP contribution in [-0.4, -0.2) is 64.1 Å². The molecule has 0 bridgehead atoms. The number of quaternary nitrogens is 2. The molecule has 3 N–H and O–H groups in total. The molecule has 160 valence electrons. The maximum Gasteiger partial charge on any atom is 0.231 e. The van der Waals surface area contributed by atoms with Crippen LogP contribution in [0.3, 0.4) is 0 Å². The van der Waals surface area contributed by atoms with Crippen LogP contribution in [0, 0.1) is 0 Å². The number of nitrogens with one attached hydrogen (secondary N) is 2. The maximum absolute atomic E-state index is 10.4. The van der Waals surface area contributed by atoms with Crippen LogP contribution in [0.4, 0.5) is 0 Å². The molecule has 1 atom stereocenters. The van der Waals surface area contributed by atoms with Crippen molar-refractivity contribution in [3.63, 3.8) is 0 Å². The molecule has 2 aromatic carbocycles. The fraction of sp³-hybridized carbons (Fsp3) is 0.455. The first-order valence-electron chi connectivity index (χ1n) is 10.5. The summed E-state index contributed by atoms with van der Waals surface area (Å²) < 4.78 is 27.3. The summed E-state index contributed by atoms with van der Waals surface area (Å²) in [6, 6.07) is 11.7. The van der Waals surface area contributed by atoms with Gasteiger partial charge in [0.1, 0.15) is 57.7 Å². The van der Waals surface area contributed by atoms with Crippen molar-refractivity contribution < 1.29 is 38.6 Å². The molecule has 0 aromatic heterocycles. The van der Waals surface area contributed by atoms with E-state index in [1.54, 1.807) is 11.0 Å². The van der Waals surface area contributed by atoms with E-state index < -0.39 is 6.10 Å². The first-order valence-corrected chi connectivity index (χ1v) is 10.5. The van der Waals surface area contributed by atoms with Crippen molar-refractivity contribution >= 4 is 0 Å². The third-order valence-electron chi connectivity index (χ3n) is 5.87. The molecular formula is C22H28N2O6+2. The standard InChI is InChI=1S/C22H26N2O6/c25-17(13-26-18-2-4-20-22(10-18)30-15-28-20)12-24-7-5-23(6-8-24)11-16-1-3-19-21(9-16)29-14-27-19/h1-4,9-10,17,25H,5-8,11-15H2/p+2/t17-/m0/s1. The molecule has 8 heteroatoms. The largest absolute Gasteiger partial charge is 0.491 e. The lowest BCUT2D eigenvalue weighted by atomic mass is 10.1. The Labute approximate surface area is 175 Å². The van der Waals surface area contributed by atoms with Gasteiger partial charge in [0.2, 0.25) is 13.6 Å². The normalized spacial score (nSPS) is 22.7. The molecule has 0 radical (unpaired) electrons.